The number of rotatable bonds is 3. The summed E-state index contributed by atoms with van der Waals surface area (Å²) < 4.78 is 0. The summed E-state index contributed by atoms with van der Waals surface area (Å²) >= 11 is 16.5. The van der Waals surface area contributed by atoms with Crippen LogP contribution < -0.4 is 0 Å². The van der Waals surface area contributed by atoms with Gasteiger partial charge in [-0.2, -0.15) is 0 Å². The van der Waals surface area contributed by atoms with E-state index in [0.29, 0.717) is 44.5 Å². The van der Waals surface area contributed by atoms with Gasteiger partial charge < -0.3 is 14.8 Å². The summed E-state index contributed by atoms with van der Waals surface area (Å²) in [6.45, 7) is 1.18. The molecule has 1 fully saturated rings. The van der Waals surface area contributed by atoms with E-state index in [9.17, 15) is 14.4 Å². The fraction of sp³-hybridized carbons (Fsp3) is 0.190. The van der Waals surface area contributed by atoms with Crippen molar-refractivity contribution < 1.29 is 14.4 Å². The van der Waals surface area contributed by atoms with E-state index >= 15 is 0 Å². The molecule has 4 rings (SSSR count). The number of hydrogen-bond acceptors (Lipinski definition) is 4. The molecule has 0 saturated carbocycles. The molecule has 6 nitrogen and oxygen atoms in total. The number of carbonyl (C=O) groups is 3. The molecule has 0 radical (unpaired) electrons. The lowest BCUT2D eigenvalue weighted by molar-refractivity contribution is -0.127. The van der Waals surface area contributed by atoms with Gasteiger partial charge in [0, 0.05) is 53.2 Å². The van der Waals surface area contributed by atoms with Gasteiger partial charge in [-0.1, -0.05) is 29.3 Å². The fourth-order valence-electron chi connectivity index (χ4n) is 3.55. The molecule has 0 atom stereocenters. The predicted molar refractivity (Wildman–Crippen MR) is 119 cm³/mol. The lowest BCUT2D eigenvalue weighted by Gasteiger charge is -2.34. The molecule has 2 heterocycles. The standard InChI is InChI=1S/C21H17Cl2N3O3S/c22-12-4-5-13(17(30)10-12)20(28)25-6-8-26(9-7-25)21(29)19(27)14-11-24-16-3-1-2-15(23)18(14)16/h1-5,10-11,24,30H,6-9H2. The molecule has 1 aromatic heterocycles. The molecule has 0 aliphatic carbocycles. The second-order valence-corrected chi connectivity index (χ2v) is 8.27. The van der Waals surface area contributed by atoms with E-state index in [4.69, 9.17) is 23.2 Å². The SMILES string of the molecule is O=C(C(=O)N1CCN(C(=O)c2ccc(Cl)cc2S)CC1)c1c[nH]c2cccc(Cl)c12. The van der Waals surface area contributed by atoms with Crippen molar-refractivity contribution in [1.29, 1.82) is 0 Å². The molecule has 1 aliphatic rings. The monoisotopic (exact) mass is 461 g/mol. The Morgan fingerprint density at radius 2 is 1.63 bits per heavy atom. The number of aromatic amines is 1. The van der Waals surface area contributed by atoms with Gasteiger partial charge in [0.05, 0.1) is 16.1 Å². The molecule has 30 heavy (non-hydrogen) atoms. The number of nitrogens with one attached hydrogen (secondary N) is 1. The third-order valence-corrected chi connectivity index (χ3v) is 6.06. The molecule has 2 aromatic carbocycles. The van der Waals surface area contributed by atoms with Crippen LogP contribution in [-0.4, -0.2) is 58.6 Å². The number of halogens is 2. The predicted octanol–water partition coefficient (Wildman–Crippen LogP) is 3.93. The number of piperazine rings is 1. The number of benzene rings is 2. The van der Waals surface area contributed by atoms with Gasteiger partial charge in [0.25, 0.3) is 17.6 Å². The third kappa shape index (κ3) is 3.80. The van der Waals surface area contributed by atoms with Crippen LogP contribution in [0.2, 0.25) is 10.0 Å². The molecular weight excluding hydrogens is 445 g/mol. The van der Waals surface area contributed by atoms with Crippen LogP contribution in [0.25, 0.3) is 10.9 Å². The topological polar surface area (TPSA) is 73.5 Å². The van der Waals surface area contributed by atoms with Gasteiger partial charge in [-0.25, -0.2) is 0 Å². The van der Waals surface area contributed by atoms with E-state index in [1.54, 1.807) is 41.3 Å². The number of thiol groups is 1. The van der Waals surface area contributed by atoms with E-state index in [0.717, 1.165) is 0 Å². The van der Waals surface area contributed by atoms with Crippen molar-refractivity contribution in [2.45, 2.75) is 4.90 Å². The van der Waals surface area contributed by atoms with E-state index in [-0.39, 0.29) is 24.6 Å². The quantitative estimate of drug-likeness (QED) is 0.352. The average Bonchev–Trinajstić information content (AvgIpc) is 3.18. The van der Waals surface area contributed by atoms with Crippen molar-refractivity contribution in [2.24, 2.45) is 0 Å². The minimum absolute atomic E-state index is 0.182. The summed E-state index contributed by atoms with van der Waals surface area (Å²) in [5, 5.41) is 1.45. The maximum Gasteiger partial charge on any atom is 0.295 e. The van der Waals surface area contributed by atoms with Gasteiger partial charge in [0.15, 0.2) is 0 Å². The minimum Gasteiger partial charge on any atom is -0.360 e. The molecule has 3 aromatic rings. The first-order valence-corrected chi connectivity index (χ1v) is 10.4. The Morgan fingerprint density at radius 3 is 2.33 bits per heavy atom. The Hall–Kier alpha value is -2.48. The minimum atomic E-state index is -0.621. The molecular formula is C21H17Cl2N3O3S. The molecule has 1 aliphatic heterocycles. The normalized spacial score (nSPS) is 14.2. The highest BCUT2D eigenvalue weighted by Crippen LogP contribution is 2.27. The first-order valence-electron chi connectivity index (χ1n) is 9.24. The Morgan fingerprint density at radius 1 is 0.933 bits per heavy atom. The Kier molecular flexibility index (Phi) is 5.77. The van der Waals surface area contributed by atoms with E-state index in [2.05, 4.69) is 17.6 Å². The van der Waals surface area contributed by atoms with Crippen LogP contribution in [0.15, 0.2) is 47.5 Å². The zero-order valence-corrected chi connectivity index (χ0v) is 18.1. The van der Waals surface area contributed by atoms with Crippen molar-refractivity contribution in [1.82, 2.24) is 14.8 Å². The molecule has 0 unspecified atom stereocenters. The van der Waals surface area contributed by atoms with Gasteiger partial charge in [-0.05, 0) is 30.3 Å². The summed E-state index contributed by atoms with van der Waals surface area (Å²) in [7, 11) is 0. The first-order chi connectivity index (χ1) is 14.4. The van der Waals surface area contributed by atoms with Crippen molar-refractivity contribution in [3.63, 3.8) is 0 Å². The zero-order valence-electron chi connectivity index (χ0n) is 15.7. The van der Waals surface area contributed by atoms with Gasteiger partial charge in [0.2, 0.25) is 0 Å². The molecule has 9 heteroatoms. The lowest BCUT2D eigenvalue weighted by atomic mass is 10.1. The fourth-order valence-corrected chi connectivity index (χ4v) is 4.38. The van der Waals surface area contributed by atoms with E-state index in [1.165, 1.54) is 11.1 Å². The number of aromatic nitrogens is 1. The van der Waals surface area contributed by atoms with Gasteiger partial charge in [-0.15, -0.1) is 12.6 Å². The summed E-state index contributed by atoms with van der Waals surface area (Å²) in [5.41, 5.74) is 1.39. The second-order valence-electron chi connectivity index (χ2n) is 6.94. The number of amides is 2. The van der Waals surface area contributed by atoms with Gasteiger partial charge >= 0.3 is 0 Å². The second kappa shape index (κ2) is 8.34. The van der Waals surface area contributed by atoms with Crippen molar-refractivity contribution in [3.05, 3.63) is 63.8 Å². The van der Waals surface area contributed by atoms with E-state index < -0.39 is 11.7 Å². The van der Waals surface area contributed by atoms with Crippen LogP contribution in [-0.2, 0) is 4.79 Å². The van der Waals surface area contributed by atoms with Crippen LogP contribution >= 0.6 is 35.8 Å². The number of ketones is 1. The maximum absolute atomic E-state index is 12.8. The van der Waals surface area contributed by atoms with E-state index in [1.807, 2.05) is 0 Å². The van der Waals surface area contributed by atoms with Crippen LogP contribution in [0.4, 0.5) is 0 Å². The number of hydrogen-bond donors (Lipinski definition) is 2. The molecule has 1 N–H and O–H groups in total. The zero-order chi connectivity index (χ0) is 21.4. The molecule has 154 valence electrons. The Balaban J connectivity index is 1.45. The molecule has 0 spiro atoms. The highest BCUT2D eigenvalue weighted by atomic mass is 35.5. The van der Waals surface area contributed by atoms with Crippen molar-refractivity contribution >= 4 is 64.3 Å². The Labute approximate surface area is 188 Å². The van der Waals surface area contributed by atoms with Crippen LogP contribution in [0.3, 0.4) is 0 Å². The Bertz CT molecular complexity index is 1170. The summed E-state index contributed by atoms with van der Waals surface area (Å²) in [4.78, 5) is 44.9. The van der Waals surface area contributed by atoms with Crippen LogP contribution in [0, 0.1) is 0 Å². The highest BCUT2D eigenvalue weighted by Gasteiger charge is 2.30. The number of carbonyl (C=O) groups excluding carboxylic acids is 3. The average molecular weight is 462 g/mol. The summed E-state index contributed by atoms with van der Waals surface area (Å²) in [6.07, 6.45) is 1.51. The maximum atomic E-state index is 12.8. The van der Waals surface area contributed by atoms with Crippen LogP contribution in [0.1, 0.15) is 20.7 Å². The number of nitrogens with zero attached hydrogens (tertiary/aromatic N) is 2. The number of fused-ring (bicyclic) bond motifs is 1. The summed E-state index contributed by atoms with van der Waals surface area (Å²) in [6, 6.07) is 10.1. The molecule has 0 bridgehead atoms. The highest BCUT2D eigenvalue weighted by molar-refractivity contribution is 7.80. The first kappa shape index (κ1) is 20.8. The van der Waals surface area contributed by atoms with Crippen LogP contribution in [0.5, 0.6) is 0 Å². The van der Waals surface area contributed by atoms with Crippen molar-refractivity contribution in [3.8, 4) is 0 Å². The summed E-state index contributed by atoms with van der Waals surface area (Å²) in [5.74, 6) is -1.41. The largest absolute Gasteiger partial charge is 0.360 e. The van der Waals surface area contributed by atoms with Gasteiger partial charge in [-0.3, -0.25) is 14.4 Å². The van der Waals surface area contributed by atoms with Gasteiger partial charge in [0.1, 0.15) is 0 Å². The molecule has 1 saturated heterocycles. The third-order valence-electron chi connectivity index (χ3n) is 5.14. The molecule has 2 amide bonds. The number of H-pyrrole nitrogens is 1. The van der Waals surface area contributed by atoms with Crippen molar-refractivity contribution in [2.75, 3.05) is 26.2 Å². The number of Topliss-reactive ketones (excluding diaryl/α,β-unsaturated/α-hetero) is 1. The lowest BCUT2D eigenvalue weighted by Crippen LogP contribution is -2.52. The smallest absolute Gasteiger partial charge is 0.295 e.